The first-order chi connectivity index (χ1) is 33.4. The lowest BCUT2D eigenvalue weighted by Crippen LogP contribution is -2.63. The Balaban J connectivity index is 0.783. The number of aliphatic hydroxyl groups excluding tert-OH is 1. The molecule has 0 saturated carbocycles. The molecule has 0 unspecified atom stereocenters. The van der Waals surface area contributed by atoms with Crippen molar-refractivity contribution >= 4 is 34.0 Å². The van der Waals surface area contributed by atoms with Gasteiger partial charge in [-0.25, -0.2) is 13.8 Å². The number of carbonyl (C=O) groups is 2. The summed E-state index contributed by atoms with van der Waals surface area (Å²) in [4.78, 5) is 45.7. The molecule has 69 heavy (non-hydrogen) atoms. The summed E-state index contributed by atoms with van der Waals surface area (Å²) < 4.78 is 71.1. The van der Waals surface area contributed by atoms with Gasteiger partial charge in [-0.1, -0.05) is 26.0 Å². The van der Waals surface area contributed by atoms with Gasteiger partial charge in [-0.15, -0.1) is 11.3 Å². The van der Waals surface area contributed by atoms with E-state index in [-0.39, 0.29) is 94.8 Å². The van der Waals surface area contributed by atoms with Crippen LogP contribution >= 0.6 is 11.3 Å². The summed E-state index contributed by atoms with van der Waals surface area (Å²) in [5, 5.41) is 19.4. The molecule has 2 aromatic carbocycles. The van der Waals surface area contributed by atoms with Gasteiger partial charge in [0, 0.05) is 80.8 Å². The third-order valence-electron chi connectivity index (χ3n) is 13.0. The van der Waals surface area contributed by atoms with Crippen molar-refractivity contribution < 1.29 is 51.6 Å². The second-order valence-electron chi connectivity index (χ2n) is 18.5. The van der Waals surface area contributed by atoms with Crippen molar-refractivity contribution in [3.05, 3.63) is 87.8 Å². The van der Waals surface area contributed by atoms with Gasteiger partial charge in [-0.3, -0.25) is 24.4 Å². The summed E-state index contributed by atoms with van der Waals surface area (Å²) in [5.74, 6) is -2.87. The molecule has 3 saturated heterocycles. The lowest BCUT2D eigenvalue weighted by molar-refractivity contribution is -0.134. The van der Waals surface area contributed by atoms with E-state index in [9.17, 15) is 27.9 Å². The van der Waals surface area contributed by atoms with E-state index in [1.54, 1.807) is 17.5 Å². The molecule has 2 aromatic heterocycles. The van der Waals surface area contributed by atoms with E-state index in [1.807, 2.05) is 11.0 Å². The molecule has 16 nitrogen and oxygen atoms in total. The fourth-order valence-corrected chi connectivity index (χ4v) is 10.1. The molecular formula is C49H63F3N8O8S. The number of aliphatic hydroxyl groups is 1. The molecule has 4 aliphatic rings. The van der Waals surface area contributed by atoms with Crippen molar-refractivity contribution in [1.82, 2.24) is 30.4 Å². The average Bonchev–Trinajstić information content (AvgIpc) is 3.94. The molecule has 3 N–H and O–H groups in total. The maximum Gasteiger partial charge on any atom is 0.241 e. The highest BCUT2D eigenvalue weighted by Gasteiger charge is 2.42. The SMILES string of the molecule is C[C@@H]1CN(CC(=O)N2CC(C)(C)c3nc(CO)c(Cc4ccc(F)cc4)cc32)[C@@H](CN2CCOC[C@H]2C(=O)NCCOCCOCCOc2c(-c3csc(N4CCOCC4)n3)ccc(F)c2F)CN1. The second kappa shape index (κ2) is 23.4. The minimum Gasteiger partial charge on any atom is -0.487 e. The number of nitrogens with one attached hydrogen (secondary N) is 2. The Bertz CT molecular complexity index is 2370. The molecular weight excluding hydrogens is 918 g/mol. The molecule has 8 rings (SSSR count). The highest BCUT2D eigenvalue weighted by molar-refractivity contribution is 7.14. The zero-order chi connectivity index (χ0) is 48.5. The summed E-state index contributed by atoms with van der Waals surface area (Å²) in [6, 6.07) is 10.3. The minimum atomic E-state index is -1.08. The Morgan fingerprint density at radius 2 is 1.71 bits per heavy atom. The lowest BCUT2D eigenvalue weighted by atomic mass is 9.90. The number of piperazine rings is 1. The summed E-state index contributed by atoms with van der Waals surface area (Å²) in [6.07, 6.45) is 0.434. The number of hydrogen-bond acceptors (Lipinski definition) is 15. The van der Waals surface area contributed by atoms with Crippen LogP contribution in [0.4, 0.5) is 24.0 Å². The smallest absolute Gasteiger partial charge is 0.241 e. The van der Waals surface area contributed by atoms with Crippen LogP contribution in [0.1, 0.15) is 43.3 Å². The quantitative estimate of drug-likeness (QED) is 0.110. The van der Waals surface area contributed by atoms with E-state index in [4.69, 9.17) is 28.7 Å². The first kappa shape index (κ1) is 50.6. The maximum atomic E-state index is 14.9. The van der Waals surface area contributed by atoms with Crippen LogP contribution in [0.25, 0.3) is 11.3 Å². The van der Waals surface area contributed by atoms with Crippen molar-refractivity contribution in [3.8, 4) is 17.0 Å². The Labute approximate surface area is 405 Å². The predicted molar refractivity (Wildman–Crippen MR) is 254 cm³/mol. The molecule has 6 heterocycles. The number of hydrogen-bond donors (Lipinski definition) is 3. The molecule has 4 aliphatic heterocycles. The Morgan fingerprint density at radius 1 is 0.957 bits per heavy atom. The number of amides is 2. The number of pyridine rings is 1. The van der Waals surface area contributed by atoms with Crippen LogP contribution in [0.2, 0.25) is 0 Å². The predicted octanol–water partition coefficient (Wildman–Crippen LogP) is 3.76. The lowest BCUT2D eigenvalue weighted by Gasteiger charge is -2.44. The number of aromatic nitrogens is 2. The summed E-state index contributed by atoms with van der Waals surface area (Å²) in [7, 11) is 0. The summed E-state index contributed by atoms with van der Waals surface area (Å²) in [6.45, 7) is 13.4. The topological polar surface area (TPSA) is 163 Å². The van der Waals surface area contributed by atoms with E-state index in [1.165, 1.54) is 29.5 Å². The zero-order valence-corrected chi connectivity index (χ0v) is 40.3. The third kappa shape index (κ3) is 12.6. The van der Waals surface area contributed by atoms with E-state index in [0.717, 1.165) is 33.7 Å². The Morgan fingerprint density at radius 3 is 2.49 bits per heavy atom. The molecule has 0 radical (unpaired) electrons. The van der Waals surface area contributed by atoms with Crippen LogP contribution in [-0.2, 0) is 47.0 Å². The van der Waals surface area contributed by atoms with E-state index >= 15 is 0 Å². The van der Waals surface area contributed by atoms with Crippen LogP contribution in [0.15, 0.2) is 47.8 Å². The fraction of sp³-hybridized carbons (Fsp3) is 0.551. The number of morpholine rings is 2. The number of thiazole rings is 1. The van der Waals surface area contributed by atoms with Gasteiger partial charge in [-0.2, -0.15) is 4.39 Å². The highest BCUT2D eigenvalue weighted by Crippen LogP contribution is 2.41. The number of halogens is 3. The summed E-state index contributed by atoms with van der Waals surface area (Å²) >= 11 is 1.42. The van der Waals surface area contributed by atoms with Gasteiger partial charge in [0.15, 0.2) is 16.7 Å². The molecule has 3 fully saturated rings. The normalized spacial score (nSPS) is 20.8. The number of fused-ring (bicyclic) bond motifs is 1. The van der Waals surface area contributed by atoms with Crippen molar-refractivity contribution in [2.24, 2.45) is 0 Å². The zero-order valence-electron chi connectivity index (χ0n) is 39.5. The Hall–Kier alpha value is -4.77. The molecule has 2 amide bonds. The van der Waals surface area contributed by atoms with E-state index in [0.29, 0.717) is 89.0 Å². The van der Waals surface area contributed by atoms with Crippen molar-refractivity contribution in [1.29, 1.82) is 0 Å². The number of rotatable bonds is 20. The van der Waals surface area contributed by atoms with Crippen LogP contribution in [-0.4, -0.2) is 173 Å². The van der Waals surface area contributed by atoms with Crippen LogP contribution in [0.3, 0.4) is 0 Å². The minimum absolute atomic E-state index is 0.0223. The van der Waals surface area contributed by atoms with Crippen LogP contribution in [0.5, 0.6) is 5.75 Å². The van der Waals surface area contributed by atoms with Gasteiger partial charge < -0.3 is 49.2 Å². The van der Waals surface area contributed by atoms with Gasteiger partial charge in [0.2, 0.25) is 17.6 Å². The third-order valence-corrected chi connectivity index (χ3v) is 13.9. The monoisotopic (exact) mass is 980 g/mol. The van der Waals surface area contributed by atoms with Crippen LogP contribution in [0, 0.1) is 17.5 Å². The van der Waals surface area contributed by atoms with Gasteiger partial charge in [0.1, 0.15) is 18.5 Å². The largest absolute Gasteiger partial charge is 0.487 e. The number of benzene rings is 2. The molecule has 374 valence electrons. The second-order valence-corrected chi connectivity index (χ2v) is 19.3. The molecule has 4 aromatic rings. The highest BCUT2D eigenvalue weighted by atomic mass is 32.1. The molecule has 3 atom stereocenters. The molecule has 0 bridgehead atoms. The Kier molecular flexibility index (Phi) is 17.2. The van der Waals surface area contributed by atoms with Crippen LogP contribution < -0.4 is 25.2 Å². The van der Waals surface area contributed by atoms with Crippen molar-refractivity contribution in [2.45, 2.75) is 57.3 Å². The first-order valence-electron chi connectivity index (χ1n) is 23.7. The van der Waals surface area contributed by atoms with Gasteiger partial charge in [0.05, 0.1) is 88.8 Å². The first-order valence-corrected chi connectivity index (χ1v) is 24.6. The number of ether oxygens (including phenoxy) is 5. The number of carbonyl (C=O) groups excluding carboxylic acids is 2. The number of nitrogens with zero attached hydrogens (tertiary/aromatic N) is 6. The van der Waals surface area contributed by atoms with Crippen molar-refractivity contribution in [3.63, 3.8) is 0 Å². The molecule has 0 aliphatic carbocycles. The van der Waals surface area contributed by atoms with Gasteiger partial charge >= 0.3 is 0 Å². The van der Waals surface area contributed by atoms with E-state index < -0.39 is 23.1 Å². The van der Waals surface area contributed by atoms with Gasteiger partial charge in [0.25, 0.3) is 0 Å². The van der Waals surface area contributed by atoms with Gasteiger partial charge in [-0.05, 0) is 54.8 Å². The fourth-order valence-electron chi connectivity index (χ4n) is 9.26. The van der Waals surface area contributed by atoms with Crippen molar-refractivity contribution in [2.75, 3.05) is 128 Å². The maximum absolute atomic E-state index is 14.9. The number of anilines is 2. The summed E-state index contributed by atoms with van der Waals surface area (Å²) in [5.41, 5.74) is 4.10. The molecule has 20 heteroatoms. The standard InChI is InChI=1S/C49H63F3N8O8S/c1-32-25-59(27-43(62)60-31-49(2,3)46-41(60)23-34(39(28-61)55-46)22-33-4-6-35(50)7-5-33)36(24-54-32)26-58-13-17-67-29-42(58)47(63)53-10-14-64-18-19-66-20-21-68-45-37(8-9-38(51)44(45)52)40-30-69-48(56-40)57-11-15-65-16-12-57/h4-9,23,30,32,36,42,54,61H,10-22,24-29,31H2,1-3H3,(H,53,63)/t32-,36-,42+/m1/s1. The van der Waals surface area contributed by atoms with E-state index in [2.05, 4.69) is 51.1 Å². The molecule has 0 spiro atoms. The average molecular weight is 981 g/mol.